The Bertz CT molecular complexity index is 378. The highest BCUT2D eigenvalue weighted by atomic mass is 32.2. The minimum atomic E-state index is -5.77. The second-order valence-corrected chi connectivity index (χ2v) is 4.42. The molecule has 0 aromatic heterocycles. The highest BCUT2D eigenvalue weighted by Crippen LogP contribution is 2.25. The summed E-state index contributed by atoms with van der Waals surface area (Å²) >= 11 is 0. The van der Waals surface area contributed by atoms with Crippen LogP contribution in [0.25, 0.3) is 0 Å². The Morgan fingerprint density at radius 3 is 2.27 bits per heavy atom. The molecular formula is C7H8F2O5S. The van der Waals surface area contributed by atoms with Crippen LogP contribution in [0.1, 0.15) is 12.8 Å². The van der Waals surface area contributed by atoms with Crippen molar-refractivity contribution in [1.29, 1.82) is 0 Å². The van der Waals surface area contributed by atoms with E-state index in [0.717, 1.165) is 0 Å². The third-order valence-corrected chi connectivity index (χ3v) is 2.61. The second kappa shape index (κ2) is 3.86. The minimum absolute atomic E-state index is 0.257. The number of hydrogen-bond donors (Lipinski definition) is 1. The fourth-order valence-corrected chi connectivity index (χ4v) is 1.27. The molecule has 0 unspecified atom stereocenters. The number of halogens is 2. The first-order valence-electron chi connectivity index (χ1n) is 3.96. The standard InChI is InChI=1S/C7H8F2O5S/c8-7(9,15(11,12)13)6(10)14-5-3-1-2-4-5/h1-2,5H,3-4H2,(H,11,12,13). The fourth-order valence-electron chi connectivity index (χ4n) is 1.01. The minimum Gasteiger partial charge on any atom is -0.456 e. The maximum Gasteiger partial charge on any atom is 0.465 e. The first-order valence-corrected chi connectivity index (χ1v) is 5.40. The van der Waals surface area contributed by atoms with Crippen LogP contribution in [0, 0.1) is 0 Å². The van der Waals surface area contributed by atoms with Gasteiger partial charge in [0.1, 0.15) is 6.10 Å². The Morgan fingerprint density at radius 2 is 1.87 bits per heavy atom. The molecule has 0 fully saturated rings. The molecule has 0 spiro atoms. The Labute approximate surface area is 84.5 Å². The van der Waals surface area contributed by atoms with E-state index in [4.69, 9.17) is 4.55 Å². The van der Waals surface area contributed by atoms with Crippen molar-refractivity contribution in [1.82, 2.24) is 0 Å². The van der Waals surface area contributed by atoms with Crippen LogP contribution in [-0.2, 0) is 19.6 Å². The molecule has 0 aromatic carbocycles. The summed E-state index contributed by atoms with van der Waals surface area (Å²) in [5, 5.41) is -4.91. The molecule has 0 aliphatic heterocycles. The molecule has 1 N–H and O–H groups in total. The normalized spacial score (nSPS) is 18.1. The Hall–Kier alpha value is -1.02. The van der Waals surface area contributed by atoms with Gasteiger partial charge in [-0.3, -0.25) is 4.55 Å². The van der Waals surface area contributed by atoms with E-state index in [2.05, 4.69) is 4.74 Å². The molecule has 1 rings (SSSR count). The van der Waals surface area contributed by atoms with E-state index >= 15 is 0 Å². The summed E-state index contributed by atoms with van der Waals surface area (Å²) in [4.78, 5) is 10.7. The third kappa shape index (κ3) is 2.51. The molecule has 8 heteroatoms. The third-order valence-electron chi connectivity index (χ3n) is 1.80. The van der Waals surface area contributed by atoms with Crippen molar-refractivity contribution in [3.8, 4) is 0 Å². The zero-order valence-corrected chi connectivity index (χ0v) is 8.21. The molecule has 0 atom stereocenters. The predicted octanol–water partition coefficient (Wildman–Crippen LogP) is 0.729. The molecule has 1 aliphatic carbocycles. The first kappa shape index (κ1) is 12.1. The number of ether oxygens (including phenoxy) is 1. The molecule has 0 aromatic rings. The lowest BCUT2D eigenvalue weighted by Crippen LogP contribution is -2.40. The van der Waals surface area contributed by atoms with Crippen molar-refractivity contribution < 1.29 is 31.3 Å². The Morgan fingerprint density at radius 1 is 1.40 bits per heavy atom. The topological polar surface area (TPSA) is 80.7 Å². The molecule has 1 aliphatic rings. The molecule has 0 bridgehead atoms. The Balaban J connectivity index is 2.68. The van der Waals surface area contributed by atoms with Crippen molar-refractivity contribution in [3.63, 3.8) is 0 Å². The zero-order chi connectivity index (χ0) is 11.7. The molecule has 0 saturated heterocycles. The summed E-state index contributed by atoms with van der Waals surface area (Å²) < 4.78 is 57.9. The van der Waals surface area contributed by atoms with Gasteiger partial charge in [0.15, 0.2) is 0 Å². The van der Waals surface area contributed by atoms with Crippen LogP contribution in [0.15, 0.2) is 12.2 Å². The van der Waals surface area contributed by atoms with Gasteiger partial charge in [0.2, 0.25) is 0 Å². The van der Waals surface area contributed by atoms with Crippen LogP contribution in [0.3, 0.4) is 0 Å². The van der Waals surface area contributed by atoms with Gasteiger partial charge in [-0.05, 0) is 0 Å². The van der Waals surface area contributed by atoms with E-state index in [0.29, 0.717) is 0 Å². The van der Waals surface area contributed by atoms with E-state index < -0.39 is 27.4 Å². The summed E-state index contributed by atoms with van der Waals surface area (Å²) in [5.41, 5.74) is 0. The van der Waals surface area contributed by atoms with Crippen LogP contribution >= 0.6 is 0 Å². The van der Waals surface area contributed by atoms with E-state index in [1.54, 1.807) is 12.2 Å². The van der Waals surface area contributed by atoms with E-state index in [-0.39, 0.29) is 12.8 Å². The number of alkyl halides is 2. The van der Waals surface area contributed by atoms with Gasteiger partial charge in [-0.15, -0.1) is 0 Å². The summed E-state index contributed by atoms with van der Waals surface area (Å²) in [6.45, 7) is 0. The van der Waals surface area contributed by atoms with E-state index in [1.165, 1.54) is 0 Å². The quantitative estimate of drug-likeness (QED) is 0.448. The summed E-state index contributed by atoms with van der Waals surface area (Å²) in [6.07, 6.45) is 2.96. The monoisotopic (exact) mass is 242 g/mol. The highest BCUT2D eigenvalue weighted by Gasteiger charge is 2.54. The summed E-state index contributed by atoms with van der Waals surface area (Å²) in [5.74, 6) is -2.25. The van der Waals surface area contributed by atoms with E-state index in [1.807, 2.05) is 0 Å². The summed E-state index contributed by atoms with van der Waals surface area (Å²) in [6, 6.07) is 0. The van der Waals surface area contributed by atoms with Gasteiger partial charge in [-0.25, -0.2) is 4.79 Å². The maximum atomic E-state index is 12.6. The van der Waals surface area contributed by atoms with Gasteiger partial charge < -0.3 is 4.74 Å². The fraction of sp³-hybridized carbons (Fsp3) is 0.571. The number of esters is 1. The van der Waals surface area contributed by atoms with Gasteiger partial charge in [0, 0.05) is 12.8 Å². The van der Waals surface area contributed by atoms with Crippen molar-refractivity contribution in [2.45, 2.75) is 24.2 Å². The van der Waals surface area contributed by atoms with Gasteiger partial charge >= 0.3 is 21.3 Å². The number of rotatable bonds is 3. The lowest BCUT2D eigenvalue weighted by Gasteiger charge is -2.15. The maximum absolute atomic E-state index is 12.6. The number of hydrogen-bond acceptors (Lipinski definition) is 4. The summed E-state index contributed by atoms with van der Waals surface area (Å²) in [7, 11) is -5.77. The lowest BCUT2D eigenvalue weighted by atomic mass is 10.3. The number of carbonyl (C=O) groups is 1. The van der Waals surface area contributed by atoms with Crippen LogP contribution in [0.4, 0.5) is 8.78 Å². The van der Waals surface area contributed by atoms with Crippen molar-refractivity contribution in [3.05, 3.63) is 12.2 Å². The van der Waals surface area contributed by atoms with Crippen LogP contribution in [-0.4, -0.2) is 30.3 Å². The second-order valence-electron chi connectivity index (χ2n) is 2.96. The number of carbonyl (C=O) groups excluding carboxylic acids is 1. The van der Waals surface area contributed by atoms with E-state index in [9.17, 15) is 22.0 Å². The molecular weight excluding hydrogens is 234 g/mol. The smallest absolute Gasteiger partial charge is 0.456 e. The van der Waals surface area contributed by atoms with Crippen molar-refractivity contribution in [2.75, 3.05) is 0 Å². The average Bonchev–Trinajstić information content (AvgIpc) is 2.54. The molecule has 0 amide bonds. The SMILES string of the molecule is O=C(OC1CC=CC1)C(F)(F)S(=O)(=O)O. The van der Waals surface area contributed by atoms with Gasteiger partial charge in [-0.1, -0.05) is 12.2 Å². The zero-order valence-electron chi connectivity index (χ0n) is 7.39. The molecule has 86 valence electrons. The molecule has 15 heavy (non-hydrogen) atoms. The first-order chi connectivity index (χ1) is 6.75. The lowest BCUT2D eigenvalue weighted by molar-refractivity contribution is -0.166. The Kier molecular flexibility index (Phi) is 3.10. The van der Waals surface area contributed by atoms with Crippen LogP contribution < -0.4 is 0 Å². The predicted molar refractivity (Wildman–Crippen MR) is 44.7 cm³/mol. The molecule has 5 nitrogen and oxygen atoms in total. The average molecular weight is 242 g/mol. The molecule has 0 saturated carbocycles. The van der Waals surface area contributed by atoms with Gasteiger partial charge in [-0.2, -0.15) is 17.2 Å². The highest BCUT2D eigenvalue weighted by molar-refractivity contribution is 7.87. The molecule has 0 heterocycles. The van der Waals surface area contributed by atoms with Crippen molar-refractivity contribution >= 4 is 16.1 Å². The largest absolute Gasteiger partial charge is 0.465 e. The van der Waals surface area contributed by atoms with Gasteiger partial charge in [0.25, 0.3) is 0 Å². The van der Waals surface area contributed by atoms with Crippen LogP contribution in [0.5, 0.6) is 0 Å². The van der Waals surface area contributed by atoms with Gasteiger partial charge in [0.05, 0.1) is 0 Å². The molecule has 0 radical (unpaired) electrons. The van der Waals surface area contributed by atoms with Crippen LogP contribution in [0.2, 0.25) is 0 Å². The van der Waals surface area contributed by atoms with Crippen molar-refractivity contribution in [2.24, 2.45) is 0 Å².